The highest BCUT2D eigenvalue weighted by Gasteiger charge is 2.15. The normalized spacial score (nSPS) is 11.6. The molecule has 0 unspecified atom stereocenters. The van der Waals surface area contributed by atoms with Crippen molar-refractivity contribution in [3.05, 3.63) is 83.2 Å². The van der Waals surface area contributed by atoms with Crippen LogP contribution in [0.15, 0.2) is 60.7 Å². The van der Waals surface area contributed by atoms with E-state index in [0.717, 1.165) is 22.6 Å². The van der Waals surface area contributed by atoms with Crippen LogP contribution in [0.25, 0.3) is 0 Å². The Labute approximate surface area is 170 Å². The molecule has 0 radical (unpaired) electrons. The number of anilines is 1. The molecule has 2 N–H and O–H groups in total. The van der Waals surface area contributed by atoms with Crippen LogP contribution in [0.3, 0.4) is 0 Å². The largest absolute Gasteiger partial charge is 0.481 e. The fourth-order valence-electron chi connectivity index (χ4n) is 2.92. The lowest BCUT2D eigenvalue weighted by molar-refractivity contribution is -0.122. The zero-order chi connectivity index (χ0) is 21.0. The van der Waals surface area contributed by atoms with Gasteiger partial charge in [0.15, 0.2) is 6.10 Å². The first kappa shape index (κ1) is 20.2. The maximum Gasteiger partial charge on any atom is 0.270 e. The fourth-order valence-corrected chi connectivity index (χ4v) is 2.92. The van der Waals surface area contributed by atoms with E-state index in [-0.39, 0.29) is 11.8 Å². The molecule has 29 heavy (non-hydrogen) atoms. The molecular weight excluding hydrogens is 366 g/mol. The van der Waals surface area contributed by atoms with Gasteiger partial charge in [-0.25, -0.2) is 0 Å². The second-order valence-electron chi connectivity index (χ2n) is 7.04. The van der Waals surface area contributed by atoms with Crippen molar-refractivity contribution in [3.63, 3.8) is 0 Å². The van der Waals surface area contributed by atoms with E-state index in [1.54, 1.807) is 35.9 Å². The van der Waals surface area contributed by atoms with E-state index in [9.17, 15) is 9.59 Å². The fraction of sp³-hybridized carbons (Fsp3) is 0.217. The summed E-state index contributed by atoms with van der Waals surface area (Å²) in [5.74, 6) is 0.0573. The van der Waals surface area contributed by atoms with Gasteiger partial charge in [0.25, 0.3) is 11.8 Å². The van der Waals surface area contributed by atoms with E-state index in [1.807, 2.05) is 57.2 Å². The highest BCUT2D eigenvalue weighted by atomic mass is 16.5. The van der Waals surface area contributed by atoms with Crippen molar-refractivity contribution in [2.24, 2.45) is 0 Å². The summed E-state index contributed by atoms with van der Waals surface area (Å²) >= 11 is 0. The topological polar surface area (TPSA) is 72.4 Å². The van der Waals surface area contributed by atoms with Crippen LogP contribution in [-0.2, 0) is 4.79 Å². The predicted molar refractivity (Wildman–Crippen MR) is 114 cm³/mol. The van der Waals surface area contributed by atoms with Crippen LogP contribution in [0.5, 0.6) is 5.75 Å². The van der Waals surface area contributed by atoms with Crippen LogP contribution in [-0.4, -0.2) is 22.6 Å². The number of hydrogen-bond donors (Lipinski definition) is 2. The van der Waals surface area contributed by atoms with Crippen LogP contribution < -0.4 is 15.5 Å². The van der Waals surface area contributed by atoms with Crippen molar-refractivity contribution in [1.82, 2.24) is 4.68 Å². The Morgan fingerprint density at radius 3 is 2.21 bits per heavy atom. The first-order valence-electron chi connectivity index (χ1n) is 9.44. The van der Waals surface area contributed by atoms with Crippen molar-refractivity contribution in [1.29, 1.82) is 0 Å². The number of nitrogens with one attached hydrogen (secondary N) is 2. The predicted octanol–water partition coefficient (Wildman–Crippen LogP) is 4.20. The average Bonchev–Trinajstić information content (AvgIpc) is 3.00. The minimum Gasteiger partial charge on any atom is -0.481 e. The van der Waals surface area contributed by atoms with Gasteiger partial charge in [-0.3, -0.25) is 19.7 Å². The molecule has 0 aliphatic rings. The highest BCUT2D eigenvalue weighted by Crippen LogP contribution is 2.16. The Kier molecular flexibility index (Phi) is 6.02. The van der Waals surface area contributed by atoms with Crippen LogP contribution in [0.2, 0.25) is 0 Å². The number of amides is 2. The molecule has 3 rings (SSSR count). The zero-order valence-corrected chi connectivity index (χ0v) is 17.0. The number of carbonyl (C=O) groups excluding carboxylic acids is 2. The van der Waals surface area contributed by atoms with Crippen molar-refractivity contribution < 1.29 is 14.3 Å². The molecule has 2 amide bonds. The first-order chi connectivity index (χ1) is 13.8. The van der Waals surface area contributed by atoms with Crippen LogP contribution in [0, 0.1) is 20.8 Å². The van der Waals surface area contributed by atoms with Gasteiger partial charge in [-0.15, -0.1) is 0 Å². The lowest BCUT2D eigenvalue weighted by Gasteiger charge is -2.15. The summed E-state index contributed by atoms with van der Waals surface area (Å²) in [6.07, 6.45) is -0.680. The molecule has 1 atom stereocenters. The minimum atomic E-state index is -0.680. The average molecular weight is 391 g/mol. The van der Waals surface area contributed by atoms with E-state index < -0.39 is 6.10 Å². The van der Waals surface area contributed by atoms with Gasteiger partial charge in [0.1, 0.15) is 5.75 Å². The van der Waals surface area contributed by atoms with Gasteiger partial charge >= 0.3 is 0 Å². The van der Waals surface area contributed by atoms with Gasteiger partial charge < -0.3 is 10.1 Å². The minimum absolute atomic E-state index is 0.218. The van der Waals surface area contributed by atoms with Gasteiger partial charge in [-0.05, 0) is 81.8 Å². The number of aromatic nitrogens is 1. The van der Waals surface area contributed by atoms with E-state index in [4.69, 9.17) is 4.74 Å². The van der Waals surface area contributed by atoms with Crippen molar-refractivity contribution in [2.45, 2.75) is 33.8 Å². The van der Waals surface area contributed by atoms with Gasteiger partial charge in [-0.2, -0.15) is 0 Å². The van der Waals surface area contributed by atoms with Gasteiger partial charge in [0.2, 0.25) is 0 Å². The van der Waals surface area contributed by atoms with Crippen molar-refractivity contribution in [2.75, 3.05) is 10.7 Å². The summed E-state index contributed by atoms with van der Waals surface area (Å²) in [5.41, 5.74) is 7.05. The number of ether oxygens (including phenoxy) is 1. The Hall–Kier alpha value is -3.54. The van der Waals surface area contributed by atoms with E-state index >= 15 is 0 Å². The molecule has 0 aliphatic carbocycles. The van der Waals surface area contributed by atoms with Crippen molar-refractivity contribution in [3.8, 4) is 5.75 Å². The molecule has 1 aromatic heterocycles. The lowest BCUT2D eigenvalue weighted by atomic mass is 10.2. The molecule has 0 saturated heterocycles. The second kappa shape index (κ2) is 8.65. The quantitative estimate of drug-likeness (QED) is 0.661. The molecule has 6 nitrogen and oxygen atoms in total. The van der Waals surface area contributed by atoms with E-state index in [0.29, 0.717) is 11.3 Å². The highest BCUT2D eigenvalue weighted by molar-refractivity contribution is 6.00. The molecule has 0 bridgehead atoms. The third kappa shape index (κ3) is 5.04. The smallest absolute Gasteiger partial charge is 0.270 e. The molecule has 6 heteroatoms. The Balaban J connectivity index is 1.59. The number of benzene rings is 2. The van der Waals surface area contributed by atoms with Crippen LogP contribution in [0.1, 0.15) is 34.2 Å². The summed E-state index contributed by atoms with van der Waals surface area (Å²) in [4.78, 5) is 24.8. The lowest BCUT2D eigenvalue weighted by Crippen LogP contribution is -2.30. The van der Waals surface area contributed by atoms with Crippen LogP contribution >= 0.6 is 0 Å². The summed E-state index contributed by atoms with van der Waals surface area (Å²) in [5, 5.41) is 2.84. The molecule has 2 aromatic carbocycles. The molecule has 150 valence electrons. The monoisotopic (exact) mass is 391 g/mol. The first-order valence-corrected chi connectivity index (χ1v) is 9.44. The molecule has 3 aromatic rings. The van der Waals surface area contributed by atoms with E-state index in [1.165, 1.54) is 0 Å². The Morgan fingerprint density at radius 1 is 0.931 bits per heavy atom. The molecule has 0 fully saturated rings. The van der Waals surface area contributed by atoms with E-state index in [2.05, 4.69) is 10.7 Å². The molecule has 0 aliphatic heterocycles. The Bertz CT molecular complexity index is 1000. The zero-order valence-electron chi connectivity index (χ0n) is 17.0. The summed E-state index contributed by atoms with van der Waals surface area (Å²) in [6.45, 7) is 7.50. The molecular formula is C23H25N3O3. The van der Waals surface area contributed by atoms with Crippen LogP contribution in [0.4, 0.5) is 5.69 Å². The third-order valence-corrected chi connectivity index (χ3v) is 4.57. The maximum absolute atomic E-state index is 12.5. The summed E-state index contributed by atoms with van der Waals surface area (Å²) in [7, 11) is 0. The SMILES string of the molecule is Cc1cccc(NC(=O)[C@H](C)Oc2ccc(C(=O)Nn3c(C)ccc3C)cc2)c1. The summed E-state index contributed by atoms with van der Waals surface area (Å²) < 4.78 is 7.45. The number of carbonyl (C=O) groups is 2. The Morgan fingerprint density at radius 2 is 1.59 bits per heavy atom. The number of nitrogens with zero attached hydrogens (tertiary/aromatic N) is 1. The number of aryl methyl sites for hydroxylation is 3. The maximum atomic E-state index is 12.5. The molecule has 1 heterocycles. The summed E-state index contributed by atoms with van der Waals surface area (Å²) in [6, 6.07) is 18.2. The molecule has 0 saturated carbocycles. The standard InChI is InChI=1S/C23H25N3O3/c1-15-6-5-7-20(14-15)24-22(27)18(4)29-21-12-10-19(11-13-21)23(28)25-26-16(2)8-9-17(26)3/h5-14,18H,1-4H3,(H,24,27)(H,25,28)/t18-/m0/s1. The molecule has 0 spiro atoms. The third-order valence-electron chi connectivity index (χ3n) is 4.57. The van der Waals surface area contributed by atoms with Gasteiger partial charge in [0.05, 0.1) is 0 Å². The second-order valence-corrected chi connectivity index (χ2v) is 7.04. The number of rotatable bonds is 6. The van der Waals surface area contributed by atoms with Gasteiger partial charge in [0, 0.05) is 22.6 Å². The number of hydrogen-bond acceptors (Lipinski definition) is 3. The van der Waals surface area contributed by atoms with Crippen molar-refractivity contribution >= 4 is 17.5 Å². The van der Waals surface area contributed by atoms with Gasteiger partial charge in [-0.1, -0.05) is 12.1 Å².